The molecular weight excluding hydrogens is 386 g/mol. The summed E-state index contributed by atoms with van der Waals surface area (Å²) in [5, 5.41) is 17.8. The molecule has 31 heavy (non-hydrogen) atoms. The van der Waals surface area contributed by atoms with Crippen LogP contribution in [0.4, 0.5) is 11.4 Å². The number of anilines is 2. The Labute approximate surface area is 179 Å². The summed E-state index contributed by atoms with van der Waals surface area (Å²) in [5.74, 6) is 0.0422. The van der Waals surface area contributed by atoms with Gasteiger partial charge in [-0.3, -0.25) is 14.8 Å². The number of hydrogen-bond donors (Lipinski definition) is 2. The first-order chi connectivity index (χ1) is 15.0. The van der Waals surface area contributed by atoms with Gasteiger partial charge in [-0.05, 0) is 86.2 Å². The zero-order valence-corrected chi connectivity index (χ0v) is 17.4. The van der Waals surface area contributed by atoms with E-state index in [2.05, 4.69) is 33.4 Å². The Hall–Kier alpha value is -3.85. The highest BCUT2D eigenvalue weighted by Gasteiger charge is 2.45. The number of carbonyl (C=O) groups is 1. The van der Waals surface area contributed by atoms with E-state index >= 15 is 0 Å². The fourth-order valence-corrected chi connectivity index (χ4v) is 5.06. The fraction of sp³-hybridized carbons (Fsp3) is 0.240. The summed E-state index contributed by atoms with van der Waals surface area (Å²) in [7, 11) is 0. The van der Waals surface area contributed by atoms with Gasteiger partial charge < -0.3 is 4.98 Å². The topological polar surface area (TPSA) is 88.6 Å². The highest BCUT2D eigenvalue weighted by atomic mass is 16.2. The standard InChI is InChI=1S/C25H21N5O/c1-25(2)19-11-20-18(17-5-3-4-15-13-27-29-22(15)23(17)28-20)10-21(19)30(24(25)31)16-8-6-14(12-26)7-9-16/h6-11,13,28H,3-5H2,1-2H3,(H,27,29). The second-order valence-corrected chi connectivity index (χ2v) is 8.93. The molecule has 6 heteroatoms. The molecule has 2 aromatic carbocycles. The summed E-state index contributed by atoms with van der Waals surface area (Å²) in [6.07, 6.45) is 5.03. The number of benzene rings is 2. The lowest BCUT2D eigenvalue weighted by Gasteiger charge is -2.20. The van der Waals surface area contributed by atoms with E-state index < -0.39 is 5.41 Å². The number of nitriles is 1. The number of nitrogens with one attached hydrogen (secondary N) is 2. The Morgan fingerprint density at radius 3 is 2.74 bits per heavy atom. The van der Waals surface area contributed by atoms with E-state index in [1.54, 1.807) is 17.0 Å². The van der Waals surface area contributed by atoms with Crippen molar-refractivity contribution < 1.29 is 4.79 Å². The summed E-state index contributed by atoms with van der Waals surface area (Å²) >= 11 is 0. The molecule has 0 bridgehead atoms. The predicted octanol–water partition coefficient (Wildman–Crippen LogP) is 4.87. The molecule has 0 spiro atoms. The summed E-state index contributed by atoms with van der Waals surface area (Å²) < 4.78 is 0. The van der Waals surface area contributed by atoms with E-state index in [9.17, 15) is 4.79 Å². The van der Waals surface area contributed by atoms with Gasteiger partial charge in [0.25, 0.3) is 0 Å². The first kappa shape index (κ1) is 18.0. The van der Waals surface area contributed by atoms with Crippen LogP contribution in [0.2, 0.25) is 0 Å². The molecule has 4 aromatic rings. The van der Waals surface area contributed by atoms with Crippen LogP contribution in [0.3, 0.4) is 0 Å². The third-order valence-electron chi connectivity index (χ3n) is 6.76. The molecule has 0 atom stereocenters. The number of fused-ring (bicyclic) bond motifs is 6. The Bertz CT molecular complexity index is 1410. The summed E-state index contributed by atoms with van der Waals surface area (Å²) in [6.45, 7) is 3.95. The Morgan fingerprint density at radius 1 is 1.16 bits per heavy atom. The highest BCUT2D eigenvalue weighted by Crippen LogP contribution is 2.48. The molecular formula is C25H21N5O. The fourth-order valence-electron chi connectivity index (χ4n) is 5.06. The first-order valence-electron chi connectivity index (χ1n) is 10.6. The maximum atomic E-state index is 13.4. The molecule has 1 amide bonds. The molecule has 0 fully saturated rings. The van der Waals surface area contributed by atoms with E-state index in [0.29, 0.717) is 5.56 Å². The number of aryl methyl sites for hydroxylation is 2. The zero-order valence-electron chi connectivity index (χ0n) is 17.4. The average Bonchev–Trinajstić information content (AvgIpc) is 3.39. The van der Waals surface area contributed by atoms with Crippen LogP contribution in [0.15, 0.2) is 42.6 Å². The van der Waals surface area contributed by atoms with Gasteiger partial charge in [-0.2, -0.15) is 10.4 Å². The monoisotopic (exact) mass is 407 g/mol. The quantitative estimate of drug-likeness (QED) is 0.472. The molecule has 3 heterocycles. The average molecular weight is 407 g/mol. The minimum atomic E-state index is -0.641. The number of hydrogen-bond acceptors (Lipinski definition) is 3. The molecule has 6 rings (SSSR count). The second-order valence-electron chi connectivity index (χ2n) is 8.93. The lowest BCUT2D eigenvalue weighted by molar-refractivity contribution is -0.121. The number of nitrogens with zero attached hydrogens (tertiary/aromatic N) is 3. The van der Waals surface area contributed by atoms with Crippen LogP contribution in [-0.2, 0) is 23.1 Å². The van der Waals surface area contributed by atoms with E-state index in [-0.39, 0.29) is 5.91 Å². The minimum Gasteiger partial charge on any atom is -0.353 e. The number of aromatic nitrogens is 3. The number of H-pyrrole nitrogens is 2. The van der Waals surface area contributed by atoms with Crippen molar-refractivity contribution in [3.05, 3.63) is 64.8 Å². The van der Waals surface area contributed by atoms with Crippen LogP contribution in [0.25, 0.3) is 22.3 Å². The minimum absolute atomic E-state index is 0.0422. The van der Waals surface area contributed by atoms with Crippen LogP contribution in [0, 0.1) is 11.3 Å². The molecule has 1 aliphatic carbocycles. The van der Waals surface area contributed by atoms with Crippen molar-refractivity contribution in [1.82, 2.24) is 15.2 Å². The van der Waals surface area contributed by atoms with Crippen molar-refractivity contribution in [3.63, 3.8) is 0 Å². The van der Waals surface area contributed by atoms with Gasteiger partial charge in [0.1, 0.15) is 5.69 Å². The smallest absolute Gasteiger partial charge is 0.241 e. The number of carbonyl (C=O) groups excluding carboxylic acids is 1. The summed E-state index contributed by atoms with van der Waals surface area (Å²) in [5.41, 5.74) is 8.29. The zero-order chi connectivity index (χ0) is 21.3. The Morgan fingerprint density at radius 2 is 1.97 bits per heavy atom. The van der Waals surface area contributed by atoms with E-state index in [1.807, 2.05) is 32.2 Å². The van der Waals surface area contributed by atoms with Crippen LogP contribution in [0.1, 0.15) is 42.5 Å². The molecule has 0 radical (unpaired) electrons. The van der Waals surface area contributed by atoms with E-state index in [1.165, 1.54) is 11.1 Å². The van der Waals surface area contributed by atoms with Gasteiger partial charge in [-0.25, -0.2) is 0 Å². The van der Waals surface area contributed by atoms with Gasteiger partial charge in [0.2, 0.25) is 5.91 Å². The second kappa shape index (κ2) is 6.08. The summed E-state index contributed by atoms with van der Waals surface area (Å²) in [6, 6.07) is 13.6. The van der Waals surface area contributed by atoms with Gasteiger partial charge in [-0.1, -0.05) is 0 Å². The Kier molecular flexibility index (Phi) is 3.52. The number of amides is 1. The van der Waals surface area contributed by atoms with Crippen LogP contribution < -0.4 is 4.90 Å². The summed E-state index contributed by atoms with van der Waals surface area (Å²) in [4.78, 5) is 18.8. The van der Waals surface area contributed by atoms with Crippen molar-refractivity contribution in [2.45, 2.75) is 38.5 Å². The molecule has 0 unspecified atom stereocenters. The van der Waals surface area contributed by atoms with Crippen LogP contribution in [0.5, 0.6) is 0 Å². The third kappa shape index (κ3) is 2.37. The van der Waals surface area contributed by atoms with Gasteiger partial charge >= 0.3 is 0 Å². The van der Waals surface area contributed by atoms with Gasteiger partial charge in [0.15, 0.2) is 0 Å². The maximum absolute atomic E-state index is 13.4. The van der Waals surface area contributed by atoms with Gasteiger partial charge in [-0.15, -0.1) is 0 Å². The normalized spacial score (nSPS) is 16.5. The van der Waals surface area contributed by atoms with Gasteiger partial charge in [0.05, 0.1) is 28.4 Å². The number of aromatic amines is 2. The molecule has 2 aliphatic rings. The number of rotatable bonds is 1. The lowest BCUT2D eigenvalue weighted by atomic mass is 9.85. The molecule has 1 aliphatic heterocycles. The van der Waals surface area contributed by atoms with Crippen LogP contribution in [-0.4, -0.2) is 21.1 Å². The van der Waals surface area contributed by atoms with Crippen molar-refractivity contribution in [3.8, 4) is 17.5 Å². The van der Waals surface area contributed by atoms with Crippen molar-refractivity contribution in [1.29, 1.82) is 5.26 Å². The SMILES string of the molecule is CC1(C)C(=O)N(c2ccc(C#N)cc2)c2cc3c4c([nH]c3cc21)-c1n[nH]cc1CCC4. The molecule has 0 saturated heterocycles. The van der Waals surface area contributed by atoms with Crippen molar-refractivity contribution >= 4 is 28.2 Å². The van der Waals surface area contributed by atoms with Gasteiger partial charge in [0, 0.05) is 22.8 Å². The molecule has 2 aromatic heterocycles. The van der Waals surface area contributed by atoms with Crippen LogP contribution >= 0.6 is 0 Å². The first-order valence-corrected chi connectivity index (χ1v) is 10.6. The molecule has 152 valence electrons. The van der Waals surface area contributed by atoms with E-state index in [4.69, 9.17) is 5.26 Å². The molecule has 0 saturated carbocycles. The molecule has 2 N–H and O–H groups in total. The van der Waals surface area contributed by atoms with Crippen molar-refractivity contribution in [2.75, 3.05) is 4.90 Å². The molecule has 6 nitrogen and oxygen atoms in total. The predicted molar refractivity (Wildman–Crippen MR) is 119 cm³/mol. The largest absolute Gasteiger partial charge is 0.353 e. The van der Waals surface area contributed by atoms with Crippen molar-refractivity contribution in [2.24, 2.45) is 0 Å². The maximum Gasteiger partial charge on any atom is 0.241 e. The lowest BCUT2D eigenvalue weighted by Crippen LogP contribution is -2.33. The Balaban J connectivity index is 1.59. The highest BCUT2D eigenvalue weighted by molar-refractivity contribution is 6.14. The van der Waals surface area contributed by atoms with E-state index in [0.717, 1.165) is 58.5 Å². The third-order valence-corrected chi connectivity index (χ3v) is 6.76.